The second-order valence-corrected chi connectivity index (χ2v) is 5.86. The number of nitrogens with one attached hydrogen (secondary N) is 2. The highest BCUT2D eigenvalue weighted by Gasteiger charge is 2.25. The monoisotopic (exact) mass is 320 g/mol. The summed E-state index contributed by atoms with van der Waals surface area (Å²) in [5.74, 6) is -0.111. The van der Waals surface area contributed by atoms with E-state index in [2.05, 4.69) is 16.7 Å². The van der Waals surface area contributed by atoms with Crippen LogP contribution < -0.4 is 10.6 Å². The van der Waals surface area contributed by atoms with Crippen molar-refractivity contribution in [3.63, 3.8) is 0 Å². The second kappa shape index (κ2) is 6.06. The molecule has 0 fully saturated rings. The van der Waals surface area contributed by atoms with Crippen molar-refractivity contribution in [2.24, 2.45) is 0 Å². The van der Waals surface area contributed by atoms with E-state index in [0.29, 0.717) is 15.7 Å². The minimum Gasteiger partial charge on any atom is -0.324 e. The van der Waals surface area contributed by atoms with E-state index in [1.54, 1.807) is 18.2 Å². The number of carbonyl (C=O) groups is 1. The molecule has 0 saturated carbocycles. The summed E-state index contributed by atoms with van der Waals surface area (Å²) in [6.07, 6.45) is 0.933. The van der Waals surface area contributed by atoms with Crippen LogP contribution in [0.15, 0.2) is 42.5 Å². The zero-order chi connectivity index (χ0) is 14.8. The van der Waals surface area contributed by atoms with Crippen molar-refractivity contribution >= 4 is 34.8 Å². The molecule has 0 radical (unpaired) electrons. The summed E-state index contributed by atoms with van der Waals surface area (Å²) in [5, 5.41) is 7.10. The van der Waals surface area contributed by atoms with E-state index in [0.717, 1.165) is 18.5 Å². The topological polar surface area (TPSA) is 41.1 Å². The number of fused-ring (bicyclic) bond motifs is 1. The van der Waals surface area contributed by atoms with Gasteiger partial charge in [0.15, 0.2) is 0 Å². The molecule has 0 spiro atoms. The molecule has 1 unspecified atom stereocenters. The maximum Gasteiger partial charge on any atom is 0.246 e. The predicted molar refractivity (Wildman–Crippen MR) is 86.0 cm³/mol. The van der Waals surface area contributed by atoms with E-state index < -0.39 is 0 Å². The normalized spacial score (nSPS) is 17.1. The van der Waals surface area contributed by atoms with Crippen LogP contribution in [-0.2, 0) is 11.2 Å². The molecule has 5 heteroatoms. The molecule has 1 heterocycles. The van der Waals surface area contributed by atoms with Crippen LogP contribution >= 0.6 is 23.2 Å². The van der Waals surface area contributed by atoms with Crippen LogP contribution in [-0.4, -0.2) is 12.5 Å². The summed E-state index contributed by atoms with van der Waals surface area (Å²) in [7, 11) is 0. The summed E-state index contributed by atoms with van der Waals surface area (Å²) in [6, 6.07) is 12.6. The van der Waals surface area contributed by atoms with Gasteiger partial charge in [0, 0.05) is 22.3 Å². The standard InChI is InChI=1S/C16H14Cl2N2O/c17-11-7-12(18)9-13(8-11)20-16(21)15-14-4-2-1-3-10(14)5-6-19-15/h1-4,7-9,15,19H,5-6H2,(H,20,21). The number of rotatable bonds is 2. The van der Waals surface area contributed by atoms with Gasteiger partial charge >= 0.3 is 0 Å². The van der Waals surface area contributed by atoms with Gasteiger partial charge in [-0.25, -0.2) is 0 Å². The maximum atomic E-state index is 12.5. The minimum absolute atomic E-state index is 0.111. The quantitative estimate of drug-likeness (QED) is 0.883. The van der Waals surface area contributed by atoms with Crippen molar-refractivity contribution in [1.82, 2.24) is 5.32 Å². The van der Waals surface area contributed by atoms with Gasteiger partial charge in [-0.15, -0.1) is 0 Å². The Hall–Kier alpha value is -1.55. The summed E-state index contributed by atoms with van der Waals surface area (Å²) >= 11 is 11.9. The first-order valence-corrected chi connectivity index (χ1v) is 7.47. The van der Waals surface area contributed by atoms with Gasteiger partial charge in [-0.1, -0.05) is 47.5 Å². The van der Waals surface area contributed by atoms with Gasteiger partial charge in [-0.2, -0.15) is 0 Å². The Morgan fingerprint density at radius 1 is 1.14 bits per heavy atom. The third-order valence-corrected chi connectivity index (χ3v) is 3.94. The van der Waals surface area contributed by atoms with Crippen molar-refractivity contribution in [1.29, 1.82) is 0 Å². The molecule has 2 aromatic carbocycles. The Labute approximate surface area is 133 Å². The van der Waals surface area contributed by atoms with Crippen LogP contribution in [0.3, 0.4) is 0 Å². The number of carbonyl (C=O) groups excluding carboxylic acids is 1. The number of hydrogen-bond acceptors (Lipinski definition) is 2. The van der Waals surface area contributed by atoms with E-state index in [9.17, 15) is 4.79 Å². The first-order chi connectivity index (χ1) is 10.1. The lowest BCUT2D eigenvalue weighted by Gasteiger charge is -2.26. The van der Waals surface area contributed by atoms with E-state index in [-0.39, 0.29) is 11.9 Å². The Kier molecular flexibility index (Phi) is 4.15. The van der Waals surface area contributed by atoms with Gasteiger partial charge in [0.1, 0.15) is 6.04 Å². The average molecular weight is 321 g/mol. The fraction of sp³-hybridized carbons (Fsp3) is 0.188. The Morgan fingerprint density at radius 2 is 1.86 bits per heavy atom. The predicted octanol–water partition coefficient (Wildman–Crippen LogP) is 3.82. The number of halogens is 2. The van der Waals surface area contributed by atoms with Crippen molar-refractivity contribution in [3.8, 4) is 0 Å². The fourth-order valence-electron chi connectivity index (χ4n) is 2.58. The molecule has 21 heavy (non-hydrogen) atoms. The van der Waals surface area contributed by atoms with Crippen molar-refractivity contribution in [2.45, 2.75) is 12.5 Å². The number of hydrogen-bond donors (Lipinski definition) is 2. The van der Waals surface area contributed by atoms with Crippen molar-refractivity contribution in [3.05, 3.63) is 63.6 Å². The van der Waals surface area contributed by atoms with Crippen LogP contribution in [0.25, 0.3) is 0 Å². The first kappa shape index (κ1) is 14.4. The van der Waals surface area contributed by atoms with Gasteiger partial charge in [-0.05, 0) is 35.7 Å². The van der Waals surface area contributed by atoms with E-state index in [1.165, 1.54) is 5.56 Å². The van der Waals surface area contributed by atoms with Crippen LogP contribution in [0.4, 0.5) is 5.69 Å². The molecule has 3 rings (SSSR count). The zero-order valence-electron chi connectivity index (χ0n) is 11.2. The molecule has 1 aliphatic heterocycles. The van der Waals surface area contributed by atoms with Gasteiger partial charge in [0.2, 0.25) is 5.91 Å². The van der Waals surface area contributed by atoms with Gasteiger partial charge < -0.3 is 10.6 Å². The molecule has 1 aliphatic rings. The number of anilines is 1. The van der Waals surface area contributed by atoms with E-state index in [1.807, 2.05) is 18.2 Å². The minimum atomic E-state index is -0.354. The summed E-state index contributed by atoms with van der Waals surface area (Å²) in [5.41, 5.74) is 2.83. The highest BCUT2D eigenvalue weighted by molar-refractivity contribution is 6.35. The molecule has 1 amide bonds. The third kappa shape index (κ3) is 3.21. The largest absolute Gasteiger partial charge is 0.324 e. The lowest BCUT2D eigenvalue weighted by Crippen LogP contribution is -2.38. The number of amides is 1. The maximum absolute atomic E-state index is 12.5. The molecule has 1 atom stereocenters. The van der Waals surface area contributed by atoms with Gasteiger partial charge in [0.25, 0.3) is 0 Å². The first-order valence-electron chi connectivity index (χ1n) is 6.71. The van der Waals surface area contributed by atoms with Gasteiger partial charge in [-0.3, -0.25) is 4.79 Å². The van der Waals surface area contributed by atoms with Gasteiger partial charge in [0.05, 0.1) is 0 Å². The Bertz CT molecular complexity index is 667. The van der Waals surface area contributed by atoms with Crippen LogP contribution in [0.5, 0.6) is 0 Å². The second-order valence-electron chi connectivity index (χ2n) is 4.98. The number of benzene rings is 2. The highest BCUT2D eigenvalue weighted by atomic mass is 35.5. The van der Waals surface area contributed by atoms with E-state index >= 15 is 0 Å². The van der Waals surface area contributed by atoms with Crippen LogP contribution in [0.2, 0.25) is 10.0 Å². The fourth-order valence-corrected chi connectivity index (χ4v) is 3.11. The molecular formula is C16H14Cl2N2O. The average Bonchev–Trinajstić information content (AvgIpc) is 2.45. The lowest BCUT2D eigenvalue weighted by atomic mass is 9.94. The lowest BCUT2D eigenvalue weighted by molar-refractivity contribution is -0.118. The van der Waals surface area contributed by atoms with Crippen molar-refractivity contribution in [2.75, 3.05) is 11.9 Å². The smallest absolute Gasteiger partial charge is 0.246 e. The SMILES string of the molecule is O=C(Nc1cc(Cl)cc(Cl)c1)C1NCCc2ccccc21. The molecule has 108 valence electrons. The molecule has 2 N–H and O–H groups in total. The van der Waals surface area contributed by atoms with E-state index in [4.69, 9.17) is 23.2 Å². The zero-order valence-corrected chi connectivity index (χ0v) is 12.7. The molecule has 0 aromatic heterocycles. The molecule has 3 nitrogen and oxygen atoms in total. The van der Waals surface area contributed by atoms with Crippen LogP contribution in [0, 0.1) is 0 Å². The molecular weight excluding hydrogens is 307 g/mol. The molecule has 0 bridgehead atoms. The third-order valence-electron chi connectivity index (χ3n) is 3.50. The Balaban J connectivity index is 1.83. The van der Waals surface area contributed by atoms with Crippen molar-refractivity contribution < 1.29 is 4.79 Å². The van der Waals surface area contributed by atoms with Crippen LogP contribution in [0.1, 0.15) is 17.2 Å². The molecule has 0 saturated heterocycles. The summed E-state index contributed by atoms with van der Waals surface area (Å²) in [4.78, 5) is 12.5. The summed E-state index contributed by atoms with van der Waals surface area (Å²) < 4.78 is 0. The Morgan fingerprint density at radius 3 is 2.62 bits per heavy atom. The highest BCUT2D eigenvalue weighted by Crippen LogP contribution is 2.26. The summed E-state index contributed by atoms with van der Waals surface area (Å²) in [6.45, 7) is 0.783. The molecule has 0 aliphatic carbocycles. The molecule has 2 aromatic rings.